The van der Waals surface area contributed by atoms with Crippen molar-refractivity contribution in [1.29, 1.82) is 0 Å². The van der Waals surface area contributed by atoms with E-state index in [1.165, 1.54) is 0 Å². The molecule has 4 aromatic carbocycles. The Morgan fingerprint density at radius 2 is 0.600 bits per heavy atom. The Balaban J connectivity index is 1.21. The van der Waals surface area contributed by atoms with E-state index in [4.69, 9.17) is 32.9 Å². The second kappa shape index (κ2) is 13.0. The zero-order valence-electron chi connectivity index (χ0n) is 24.8. The van der Waals surface area contributed by atoms with Crippen molar-refractivity contribution in [2.45, 2.75) is 0 Å². The van der Waals surface area contributed by atoms with Crippen molar-refractivity contribution in [3.8, 4) is 0 Å². The van der Waals surface area contributed by atoms with Gasteiger partial charge in [-0.1, -0.05) is 72.8 Å². The number of rotatable bonds is 6. The predicted octanol–water partition coefficient (Wildman–Crippen LogP) is 7.41. The maximum Gasteiger partial charge on any atom is 0.130 e. The highest BCUT2D eigenvalue weighted by atomic mass is 14.9. The van der Waals surface area contributed by atoms with Gasteiger partial charge in [0.2, 0.25) is 0 Å². The Morgan fingerprint density at radius 3 is 0.844 bits per heavy atom. The van der Waals surface area contributed by atoms with Crippen molar-refractivity contribution < 1.29 is 0 Å². The van der Waals surface area contributed by atoms with Crippen LogP contribution in [0.4, 0.5) is 22.7 Å². The summed E-state index contributed by atoms with van der Waals surface area (Å²) in [7, 11) is 0. The van der Waals surface area contributed by atoms with Crippen LogP contribution in [-0.2, 0) is 0 Å². The lowest BCUT2D eigenvalue weighted by Crippen LogP contribution is -2.01. The van der Waals surface area contributed by atoms with Crippen LogP contribution in [0.15, 0.2) is 167 Å². The fourth-order valence-electron chi connectivity index (χ4n) is 5.26. The van der Waals surface area contributed by atoms with Gasteiger partial charge in [0, 0.05) is 22.7 Å². The summed E-state index contributed by atoms with van der Waals surface area (Å²) in [4.78, 5) is 9.40. The lowest BCUT2D eigenvalue weighted by atomic mass is 9.90. The van der Waals surface area contributed by atoms with E-state index in [-0.39, 0.29) is 0 Å². The minimum atomic E-state index is 0.317. The third kappa shape index (κ3) is 6.92. The van der Waals surface area contributed by atoms with Gasteiger partial charge in [-0.05, 0) is 117 Å². The quantitative estimate of drug-likeness (QED) is 0.175. The van der Waals surface area contributed by atoms with E-state index in [9.17, 15) is 0 Å². The van der Waals surface area contributed by atoms with Crippen LogP contribution in [0.1, 0.15) is 22.3 Å². The number of aliphatic imine (C=N–C) groups is 2. The number of nitrogen functional groups attached to an aromatic ring is 4. The van der Waals surface area contributed by atoms with Crippen molar-refractivity contribution in [3.05, 3.63) is 179 Å². The molecular formula is C39H34N6. The normalized spacial score (nSPS) is 13.7. The van der Waals surface area contributed by atoms with E-state index < -0.39 is 0 Å². The Labute approximate surface area is 263 Å². The predicted molar refractivity (Wildman–Crippen MR) is 192 cm³/mol. The van der Waals surface area contributed by atoms with Gasteiger partial charge in [0.05, 0.1) is 11.4 Å². The van der Waals surface area contributed by atoms with Gasteiger partial charge < -0.3 is 22.9 Å². The fraction of sp³-hybridized carbons (Fsp3) is 0.0256. The molecule has 6 rings (SSSR count). The smallest absolute Gasteiger partial charge is 0.130 e. The molecule has 6 heteroatoms. The van der Waals surface area contributed by atoms with E-state index in [1.54, 1.807) is 0 Å². The van der Waals surface area contributed by atoms with Crippen LogP contribution in [0.3, 0.4) is 0 Å². The fourth-order valence-corrected chi connectivity index (χ4v) is 5.26. The van der Waals surface area contributed by atoms with Gasteiger partial charge in [-0.2, -0.15) is 0 Å². The highest BCUT2D eigenvalue weighted by molar-refractivity contribution is 6.08. The second-order valence-electron chi connectivity index (χ2n) is 10.8. The minimum absolute atomic E-state index is 0.317. The summed E-state index contributed by atoms with van der Waals surface area (Å²) in [5.74, 6) is 0. The maximum absolute atomic E-state index is 5.95. The first-order valence-electron chi connectivity index (χ1n) is 14.7. The molecular weight excluding hydrogens is 552 g/mol. The molecule has 8 N–H and O–H groups in total. The van der Waals surface area contributed by atoms with Gasteiger partial charge in [-0.3, -0.25) is 9.98 Å². The first kappa shape index (κ1) is 29.0. The monoisotopic (exact) mass is 586 g/mol. The van der Waals surface area contributed by atoms with Crippen LogP contribution in [0.25, 0.3) is 11.1 Å². The molecule has 2 aliphatic rings. The van der Waals surface area contributed by atoms with Crippen molar-refractivity contribution in [3.63, 3.8) is 0 Å². The van der Waals surface area contributed by atoms with Crippen LogP contribution in [-0.4, -0.2) is 18.1 Å². The number of nitrogens with two attached hydrogens (primary N) is 4. The molecule has 0 saturated heterocycles. The molecule has 45 heavy (non-hydrogen) atoms. The molecule has 0 aliphatic heterocycles. The highest BCUT2D eigenvalue weighted by Gasteiger charge is 2.13. The number of hydrogen-bond donors (Lipinski definition) is 4. The van der Waals surface area contributed by atoms with E-state index in [2.05, 4.69) is 24.3 Å². The molecule has 0 spiro atoms. The summed E-state index contributed by atoms with van der Waals surface area (Å²) < 4.78 is 0. The van der Waals surface area contributed by atoms with Gasteiger partial charge in [0.25, 0.3) is 0 Å². The van der Waals surface area contributed by atoms with Crippen LogP contribution < -0.4 is 22.9 Å². The largest absolute Gasteiger partial charge is 0.399 e. The number of hydrogen-bond acceptors (Lipinski definition) is 6. The summed E-state index contributed by atoms with van der Waals surface area (Å²) >= 11 is 0. The summed E-state index contributed by atoms with van der Waals surface area (Å²) in [5.41, 5.74) is 37.1. The highest BCUT2D eigenvalue weighted by Crippen LogP contribution is 2.32. The van der Waals surface area contributed by atoms with Gasteiger partial charge >= 0.3 is 0 Å². The number of benzene rings is 4. The van der Waals surface area contributed by atoms with Gasteiger partial charge in [-0.15, -0.1) is 0 Å². The summed E-state index contributed by atoms with van der Waals surface area (Å²) in [6.45, 7) is 0.317. The van der Waals surface area contributed by atoms with E-state index >= 15 is 0 Å². The average molecular weight is 587 g/mol. The molecule has 0 amide bonds. The second-order valence-corrected chi connectivity index (χ2v) is 10.8. The van der Waals surface area contributed by atoms with E-state index in [0.717, 1.165) is 78.7 Å². The van der Waals surface area contributed by atoms with Gasteiger partial charge in [0.15, 0.2) is 0 Å². The Hall–Kier alpha value is -6.14. The minimum Gasteiger partial charge on any atom is -0.399 e. The van der Waals surface area contributed by atoms with Crippen molar-refractivity contribution in [2.75, 3.05) is 29.6 Å². The van der Waals surface area contributed by atoms with Gasteiger partial charge in [-0.25, -0.2) is 0 Å². The van der Waals surface area contributed by atoms with Crippen LogP contribution >= 0.6 is 0 Å². The third-order valence-electron chi connectivity index (χ3n) is 7.62. The molecule has 0 atom stereocenters. The zero-order chi connectivity index (χ0) is 31.2. The molecule has 0 radical (unpaired) electrons. The summed E-state index contributed by atoms with van der Waals surface area (Å²) in [6, 6.07) is 31.6. The molecule has 2 aliphatic carbocycles. The first-order chi connectivity index (χ1) is 21.9. The van der Waals surface area contributed by atoms with Crippen LogP contribution in [0.2, 0.25) is 0 Å². The van der Waals surface area contributed by atoms with Crippen molar-refractivity contribution in [1.82, 2.24) is 0 Å². The molecule has 220 valence electrons. The molecule has 0 bridgehead atoms. The van der Waals surface area contributed by atoms with E-state index in [0.29, 0.717) is 6.67 Å². The third-order valence-corrected chi connectivity index (χ3v) is 7.62. The molecule has 0 unspecified atom stereocenters. The molecule has 4 aromatic rings. The lowest BCUT2D eigenvalue weighted by molar-refractivity contribution is 1.07. The van der Waals surface area contributed by atoms with Crippen molar-refractivity contribution in [2.24, 2.45) is 9.98 Å². The molecule has 0 saturated carbocycles. The summed E-state index contributed by atoms with van der Waals surface area (Å²) in [5, 5.41) is 0. The molecule has 0 aromatic heterocycles. The lowest BCUT2D eigenvalue weighted by Gasteiger charge is -2.15. The topological polar surface area (TPSA) is 129 Å². The SMILES string of the molecule is Nc1ccc(C(=C2C=CC(=NCN=C3C=CC(=C(c4ccc(N)cc4)c4ccc(N)cc4)C=C3)C=C2)c2ccc(N)cc2)cc1. The van der Waals surface area contributed by atoms with Crippen molar-refractivity contribution >= 4 is 45.3 Å². The number of allylic oxidation sites excluding steroid dienone is 10. The van der Waals surface area contributed by atoms with E-state index in [1.807, 2.05) is 121 Å². The van der Waals surface area contributed by atoms with Gasteiger partial charge in [0.1, 0.15) is 6.67 Å². The number of nitrogens with zero attached hydrogens (tertiary/aromatic N) is 2. The molecule has 0 heterocycles. The Bertz CT molecular complexity index is 1670. The maximum atomic E-state index is 5.95. The van der Waals surface area contributed by atoms with Crippen LogP contribution in [0, 0.1) is 0 Å². The molecule has 0 fully saturated rings. The van der Waals surface area contributed by atoms with Crippen LogP contribution in [0.5, 0.6) is 0 Å². The standard InChI is InChI=1S/C39H34N6/c40-32-13-1-26(2-14-32)38(27-3-15-33(41)16-4-27)30-9-21-36(22-10-30)44-25-45-37-23-11-31(12-24-37)39(28-5-17-34(42)18-6-28)29-7-19-35(43)20-8-29/h1-24H,25,40-43H2. The Morgan fingerprint density at radius 1 is 0.356 bits per heavy atom. The number of anilines is 4. The average Bonchev–Trinajstić information content (AvgIpc) is 3.06. The zero-order valence-corrected chi connectivity index (χ0v) is 24.8. The first-order valence-corrected chi connectivity index (χ1v) is 14.7. The Kier molecular flexibility index (Phi) is 8.38. The summed E-state index contributed by atoms with van der Waals surface area (Å²) in [6.07, 6.45) is 16.4. The molecule has 6 nitrogen and oxygen atoms in total.